The zero-order valence-corrected chi connectivity index (χ0v) is 15.3. The fourth-order valence-electron chi connectivity index (χ4n) is 1.94. The molecular weight excluding hydrogens is 452 g/mol. The van der Waals surface area contributed by atoms with Crippen LogP contribution in [-0.2, 0) is 38.5 Å². The molecule has 11 nitrogen and oxygen atoms in total. The van der Waals surface area contributed by atoms with Gasteiger partial charge in [-0.1, -0.05) is 0 Å². The average Bonchev–Trinajstić information content (AvgIpc) is 2.96. The van der Waals surface area contributed by atoms with Crippen LogP contribution in [0.5, 0.6) is 0 Å². The maximum atomic E-state index is 12.2. The van der Waals surface area contributed by atoms with Gasteiger partial charge in [-0.2, -0.15) is 31.8 Å². The number of amides is 2. The van der Waals surface area contributed by atoms with Crippen molar-refractivity contribution in [2.45, 2.75) is 50.5 Å². The van der Waals surface area contributed by atoms with Crippen LogP contribution in [0.15, 0.2) is 0 Å². The van der Waals surface area contributed by atoms with Gasteiger partial charge in [0.1, 0.15) is 6.04 Å². The molecule has 1 rings (SSSR count). The lowest BCUT2D eigenvalue weighted by molar-refractivity contribution is -0.214. The molecule has 31 heavy (non-hydrogen) atoms. The molecule has 0 aromatic carbocycles. The Labute approximate surface area is 168 Å². The number of nitrogens with zero attached hydrogens (tertiary/aromatic N) is 1. The van der Waals surface area contributed by atoms with E-state index in [1.54, 1.807) is 5.48 Å². The molecule has 0 aromatic rings. The molecule has 0 bridgehead atoms. The number of halogens is 6. The van der Waals surface area contributed by atoms with Gasteiger partial charge in [0.25, 0.3) is 11.8 Å². The van der Waals surface area contributed by atoms with E-state index in [9.17, 15) is 50.3 Å². The quantitative estimate of drug-likeness (QED) is 0.200. The highest BCUT2D eigenvalue weighted by Crippen LogP contribution is 2.18. The summed E-state index contributed by atoms with van der Waals surface area (Å²) in [5, 5.41) is 0.112. The van der Waals surface area contributed by atoms with E-state index in [1.807, 2.05) is 0 Å². The minimum Gasteiger partial charge on any atom is -0.364 e. The van der Waals surface area contributed by atoms with Crippen LogP contribution in [0.25, 0.3) is 0 Å². The lowest BCUT2D eigenvalue weighted by Crippen LogP contribution is -2.45. The van der Waals surface area contributed by atoms with Gasteiger partial charge in [0.15, 0.2) is 0 Å². The largest absolute Gasteiger partial charge is 0.492 e. The number of carbonyl (C=O) groups is 5. The van der Waals surface area contributed by atoms with Crippen LogP contribution in [0.3, 0.4) is 0 Å². The Hall–Kier alpha value is -2.95. The second-order valence-electron chi connectivity index (χ2n) is 5.83. The topological polar surface area (TPSA) is 140 Å². The van der Waals surface area contributed by atoms with Gasteiger partial charge in [0.2, 0.25) is 0 Å². The fraction of sp³-hybridized carbons (Fsp3) is 0.643. The molecule has 0 radical (unpaired) electrons. The first-order valence-electron chi connectivity index (χ1n) is 8.35. The standard InChI is InChI=1S/C14H15F6N3O8/c15-13(16,17)11(27)29-21-6-2-1-3-7(22-30-12(28)14(18,19)20)10(26)31-23-8(24)4-5-9(23)25/h7,21-22H,1-6H2/t7-/m0/s1. The van der Waals surface area contributed by atoms with Gasteiger partial charge < -0.3 is 14.5 Å². The van der Waals surface area contributed by atoms with Crippen LogP contribution >= 0.6 is 0 Å². The van der Waals surface area contributed by atoms with Crippen LogP contribution in [0, 0.1) is 0 Å². The Morgan fingerprint density at radius 3 is 1.94 bits per heavy atom. The highest BCUT2D eigenvalue weighted by molar-refractivity contribution is 6.01. The Kier molecular flexibility index (Phi) is 9.17. The van der Waals surface area contributed by atoms with Crippen molar-refractivity contribution in [3.05, 3.63) is 0 Å². The second kappa shape index (κ2) is 10.9. The van der Waals surface area contributed by atoms with Crippen molar-refractivity contribution in [1.82, 2.24) is 16.0 Å². The van der Waals surface area contributed by atoms with Gasteiger partial charge >= 0.3 is 30.3 Å². The number of hydrogen-bond donors (Lipinski definition) is 2. The fourth-order valence-corrected chi connectivity index (χ4v) is 1.94. The summed E-state index contributed by atoms with van der Waals surface area (Å²) >= 11 is 0. The number of nitrogens with one attached hydrogen (secondary N) is 2. The first-order valence-corrected chi connectivity index (χ1v) is 8.35. The average molecular weight is 467 g/mol. The minimum atomic E-state index is -5.39. The summed E-state index contributed by atoms with van der Waals surface area (Å²) in [7, 11) is 0. The molecule has 1 aliphatic rings. The molecular formula is C14H15F6N3O8. The number of carbonyl (C=O) groups excluding carboxylic acids is 5. The van der Waals surface area contributed by atoms with Crippen LogP contribution < -0.4 is 11.0 Å². The third-order valence-corrected chi connectivity index (χ3v) is 3.41. The predicted molar refractivity (Wildman–Crippen MR) is 80.3 cm³/mol. The monoisotopic (exact) mass is 467 g/mol. The first kappa shape index (κ1) is 26.1. The molecule has 0 aromatic heterocycles. The highest BCUT2D eigenvalue weighted by Gasteiger charge is 2.43. The van der Waals surface area contributed by atoms with Crippen molar-refractivity contribution in [3.8, 4) is 0 Å². The zero-order valence-electron chi connectivity index (χ0n) is 15.3. The lowest BCUT2D eigenvalue weighted by atomic mass is 10.1. The van der Waals surface area contributed by atoms with Crippen molar-refractivity contribution in [2.75, 3.05) is 6.54 Å². The van der Waals surface area contributed by atoms with E-state index in [0.29, 0.717) is 0 Å². The maximum absolute atomic E-state index is 12.2. The zero-order chi connectivity index (χ0) is 23.8. The molecule has 17 heteroatoms. The van der Waals surface area contributed by atoms with E-state index in [4.69, 9.17) is 0 Å². The van der Waals surface area contributed by atoms with Crippen molar-refractivity contribution in [1.29, 1.82) is 0 Å². The van der Waals surface area contributed by atoms with Crippen LogP contribution in [-0.4, -0.2) is 59.7 Å². The number of hydroxylamine groups is 4. The Balaban J connectivity index is 2.56. The normalized spacial score (nSPS) is 15.6. The molecule has 1 saturated heterocycles. The molecule has 1 aliphatic heterocycles. The van der Waals surface area contributed by atoms with Crippen LogP contribution in [0.2, 0.25) is 0 Å². The molecule has 2 N–H and O–H groups in total. The van der Waals surface area contributed by atoms with Crippen molar-refractivity contribution < 1.29 is 64.8 Å². The lowest BCUT2D eigenvalue weighted by Gasteiger charge is -2.20. The van der Waals surface area contributed by atoms with E-state index in [-0.39, 0.29) is 37.3 Å². The molecule has 1 atom stereocenters. The first-order chi connectivity index (χ1) is 14.2. The predicted octanol–water partition coefficient (Wildman–Crippen LogP) is 0.353. The molecule has 0 unspecified atom stereocenters. The number of alkyl halides is 6. The SMILES string of the molecule is O=C(ON1C(=O)CCC1=O)[C@H](CCCCNOC(=O)C(F)(F)F)NOC(=O)C(F)(F)F. The smallest absolute Gasteiger partial charge is 0.364 e. The summed E-state index contributed by atoms with van der Waals surface area (Å²) in [6, 6.07) is -1.77. The highest BCUT2D eigenvalue weighted by atomic mass is 19.4. The number of imide groups is 1. The Morgan fingerprint density at radius 1 is 0.903 bits per heavy atom. The van der Waals surface area contributed by atoms with E-state index in [2.05, 4.69) is 14.5 Å². The van der Waals surface area contributed by atoms with E-state index < -0.39 is 54.5 Å². The van der Waals surface area contributed by atoms with E-state index >= 15 is 0 Å². The summed E-state index contributed by atoms with van der Waals surface area (Å²) < 4.78 is 72.4. The summed E-state index contributed by atoms with van der Waals surface area (Å²) in [6.07, 6.45) is -11.7. The molecule has 2 amide bonds. The minimum absolute atomic E-state index is 0.0641. The van der Waals surface area contributed by atoms with Gasteiger partial charge in [0, 0.05) is 19.4 Å². The number of hydrogen-bond acceptors (Lipinski definition) is 10. The second-order valence-corrected chi connectivity index (χ2v) is 5.83. The molecule has 0 spiro atoms. The van der Waals surface area contributed by atoms with Crippen LogP contribution in [0.4, 0.5) is 26.3 Å². The molecule has 0 saturated carbocycles. The summed E-state index contributed by atoms with van der Waals surface area (Å²) in [6.45, 7) is -0.338. The van der Waals surface area contributed by atoms with Crippen LogP contribution in [0.1, 0.15) is 32.1 Å². The van der Waals surface area contributed by atoms with Gasteiger partial charge in [0.05, 0.1) is 0 Å². The van der Waals surface area contributed by atoms with E-state index in [0.717, 1.165) is 0 Å². The van der Waals surface area contributed by atoms with Gasteiger partial charge in [-0.15, -0.1) is 10.5 Å². The molecule has 1 fully saturated rings. The summed E-state index contributed by atoms with van der Waals surface area (Å²) in [5.41, 5.74) is 3.21. The van der Waals surface area contributed by atoms with Crippen molar-refractivity contribution in [3.63, 3.8) is 0 Å². The van der Waals surface area contributed by atoms with Gasteiger partial charge in [-0.3, -0.25) is 9.59 Å². The van der Waals surface area contributed by atoms with E-state index in [1.165, 1.54) is 5.48 Å². The summed E-state index contributed by atoms with van der Waals surface area (Å²) in [4.78, 5) is 68.1. The third-order valence-electron chi connectivity index (χ3n) is 3.41. The molecule has 176 valence electrons. The van der Waals surface area contributed by atoms with Gasteiger partial charge in [-0.05, 0) is 19.3 Å². The molecule has 1 heterocycles. The molecule has 0 aliphatic carbocycles. The summed E-state index contributed by atoms with van der Waals surface area (Å²) in [5.74, 6) is -8.39. The maximum Gasteiger partial charge on any atom is 0.492 e. The number of rotatable bonds is 10. The van der Waals surface area contributed by atoms with Crippen molar-refractivity contribution >= 4 is 29.7 Å². The Bertz CT molecular complexity index is 695. The number of unbranched alkanes of at least 4 members (excludes halogenated alkanes) is 1. The van der Waals surface area contributed by atoms with Crippen molar-refractivity contribution in [2.24, 2.45) is 0 Å². The Morgan fingerprint density at radius 2 is 1.42 bits per heavy atom. The van der Waals surface area contributed by atoms with Gasteiger partial charge in [-0.25, -0.2) is 14.4 Å². The third kappa shape index (κ3) is 8.75.